The lowest BCUT2D eigenvalue weighted by Gasteiger charge is -2.34. The smallest absolute Gasteiger partial charge is 0.220 e. The zero-order valence-electron chi connectivity index (χ0n) is 24.1. The molecule has 2 heterocycles. The van der Waals surface area contributed by atoms with Gasteiger partial charge in [-0.15, -0.1) is 6.58 Å². The number of aromatic hydroxyl groups is 1. The number of phenolic OH excluding ortho intramolecular Hbond substituents is 1. The van der Waals surface area contributed by atoms with Crippen LogP contribution in [-0.4, -0.2) is 69.8 Å². The first-order chi connectivity index (χ1) is 20.3. The van der Waals surface area contributed by atoms with E-state index in [1.54, 1.807) is 19.2 Å². The molecule has 0 aliphatic heterocycles. The average Bonchev–Trinajstić information content (AvgIpc) is 2.99. The maximum absolute atomic E-state index is 15.1. The molecular weight excluding hydrogens is 561 g/mol. The molecule has 1 unspecified atom stereocenters. The summed E-state index contributed by atoms with van der Waals surface area (Å²) in [5, 5.41) is 13.3. The first kappa shape index (κ1) is 32.1. The van der Waals surface area contributed by atoms with E-state index in [0.29, 0.717) is 73.6 Å². The fourth-order valence-corrected chi connectivity index (χ4v) is 4.95. The van der Waals surface area contributed by atoms with Crippen molar-refractivity contribution in [2.24, 2.45) is 4.99 Å². The number of carbonyl (C=O) groups excluding carboxylic acids is 2. The van der Waals surface area contributed by atoms with E-state index in [0.717, 1.165) is 0 Å². The number of anilines is 2. The van der Waals surface area contributed by atoms with Crippen LogP contribution in [0.1, 0.15) is 44.1 Å². The van der Waals surface area contributed by atoms with Crippen molar-refractivity contribution in [3.63, 3.8) is 0 Å². The minimum atomic E-state index is -0.738. The van der Waals surface area contributed by atoms with Crippen molar-refractivity contribution in [2.45, 2.75) is 46.1 Å². The fourth-order valence-electron chi connectivity index (χ4n) is 4.71. The zero-order chi connectivity index (χ0) is 30.8. The predicted molar refractivity (Wildman–Crippen MR) is 163 cm³/mol. The Labute approximate surface area is 250 Å². The summed E-state index contributed by atoms with van der Waals surface area (Å²) in [5.74, 6) is -0.591. The number of hydrogen-bond donors (Lipinski definition) is 2. The van der Waals surface area contributed by atoms with Crippen molar-refractivity contribution < 1.29 is 19.1 Å². The molecule has 0 saturated carbocycles. The molecule has 1 atom stereocenters. The van der Waals surface area contributed by atoms with Crippen molar-refractivity contribution in [3.8, 4) is 17.0 Å². The van der Waals surface area contributed by atoms with Gasteiger partial charge in [0, 0.05) is 26.2 Å². The lowest BCUT2D eigenvalue weighted by molar-refractivity contribution is -0.109. The number of hydrogen-bond acceptors (Lipinski definition) is 7. The molecule has 3 rings (SSSR count). The number of aliphatic imine (C=N–C) groups is 1. The van der Waals surface area contributed by atoms with Crippen LogP contribution in [0.5, 0.6) is 5.75 Å². The molecule has 0 saturated heterocycles. The summed E-state index contributed by atoms with van der Waals surface area (Å²) in [7, 11) is 1.59. The number of aryl methyl sites for hydroxylation is 2. The molecule has 1 aromatic carbocycles. The lowest BCUT2D eigenvalue weighted by atomic mass is 10.0. The van der Waals surface area contributed by atoms with E-state index in [9.17, 15) is 14.7 Å². The zero-order valence-corrected chi connectivity index (χ0v) is 24.9. The van der Waals surface area contributed by atoms with Crippen LogP contribution in [0.2, 0.25) is 5.02 Å². The van der Waals surface area contributed by atoms with Gasteiger partial charge in [-0.05, 0) is 44.4 Å². The monoisotopic (exact) mass is 595 g/mol. The summed E-state index contributed by atoms with van der Waals surface area (Å²) in [6, 6.07) is 5.19. The van der Waals surface area contributed by atoms with Gasteiger partial charge in [0.15, 0.2) is 5.82 Å². The number of carbonyl (C=O) groups is 2. The third kappa shape index (κ3) is 6.73. The third-order valence-corrected chi connectivity index (χ3v) is 7.02. The van der Waals surface area contributed by atoms with Gasteiger partial charge in [-0.1, -0.05) is 37.6 Å². The first-order valence-electron chi connectivity index (χ1n) is 13.5. The SMILES string of the molecule is C=CCCN(C(=NC)c1cc(Cl)c(-c2c(O)cccc2F)nc1N(C=O)c1c(CC)ncnc1CC)C(C)CNC=O. The van der Waals surface area contributed by atoms with E-state index >= 15 is 4.39 Å². The molecule has 3 aromatic rings. The quantitative estimate of drug-likeness (QED) is 0.118. The topological polar surface area (TPSA) is 124 Å². The molecule has 42 heavy (non-hydrogen) atoms. The van der Waals surface area contributed by atoms with Crippen LogP contribution in [0.4, 0.5) is 15.9 Å². The number of rotatable bonds is 14. The van der Waals surface area contributed by atoms with Crippen LogP contribution in [0, 0.1) is 5.82 Å². The third-order valence-electron chi connectivity index (χ3n) is 6.73. The molecule has 0 aliphatic carbocycles. The number of nitrogens with one attached hydrogen (secondary N) is 1. The highest BCUT2D eigenvalue weighted by atomic mass is 35.5. The maximum atomic E-state index is 15.1. The number of nitrogens with zero attached hydrogens (tertiary/aromatic N) is 6. The summed E-state index contributed by atoms with van der Waals surface area (Å²) in [4.78, 5) is 45.4. The number of phenols is 1. The Balaban J connectivity index is 2.42. The van der Waals surface area contributed by atoms with Gasteiger partial charge in [0.05, 0.1) is 38.9 Å². The van der Waals surface area contributed by atoms with Gasteiger partial charge < -0.3 is 15.3 Å². The van der Waals surface area contributed by atoms with Gasteiger partial charge in [-0.3, -0.25) is 19.5 Å². The van der Waals surface area contributed by atoms with Crippen LogP contribution >= 0.6 is 11.6 Å². The van der Waals surface area contributed by atoms with Gasteiger partial charge in [-0.25, -0.2) is 19.3 Å². The van der Waals surface area contributed by atoms with Crippen molar-refractivity contribution in [1.29, 1.82) is 0 Å². The van der Waals surface area contributed by atoms with E-state index < -0.39 is 5.82 Å². The summed E-state index contributed by atoms with van der Waals surface area (Å²) in [6.45, 7) is 10.3. The number of amidine groups is 1. The molecule has 2 amide bonds. The van der Waals surface area contributed by atoms with Gasteiger partial charge in [0.1, 0.15) is 23.7 Å². The van der Waals surface area contributed by atoms with Crippen LogP contribution in [0.25, 0.3) is 11.3 Å². The Bertz CT molecular complexity index is 1420. The van der Waals surface area contributed by atoms with Crippen molar-refractivity contribution in [1.82, 2.24) is 25.2 Å². The number of pyridine rings is 1. The first-order valence-corrected chi connectivity index (χ1v) is 13.9. The summed E-state index contributed by atoms with van der Waals surface area (Å²) >= 11 is 6.74. The van der Waals surface area contributed by atoms with Gasteiger partial charge >= 0.3 is 0 Å². The van der Waals surface area contributed by atoms with Crippen LogP contribution in [0.15, 0.2) is 48.2 Å². The van der Waals surface area contributed by atoms with Crippen molar-refractivity contribution in [3.05, 3.63) is 71.0 Å². The Morgan fingerprint density at radius 3 is 2.48 bits per heavy atom. The average molecular weight is 596 g/mol. The van der Waals surface area contributed by atoms with Crippen LogP contribution < -0.4 is 10.2 Å². The molecule has 10 nitrogen and oxygen atoms in total. The fraction of sp³-hybridized carbons (Fsp3) is 0.333. The van der Waals surface area contributed by atoms with Gasteiger partial charge in [-0.2, -0.15) is 0 Å². The summed E-state index contributed by atoms with van der Waals surface area (Å²) in [5.41, 5.74) is 1.75. The molecule has 12 heteroatoms. The number of benzene rings is 1. The normalized spacial score (nSPS) is 12.0. The molecule has 2 aromatic heterocycles. The Kier molecular flexibility index (Phi) is 11.5. The lowest BCUT2D eigenvalue weighted by Crippen LogP contribution is -2.45. The Morgan fingerprint density at radius 1 is 1.24 bits per heavy atom. The molecule has 2 N–H and O–H groups in total. The van der Waals surface area contributed by atoms with Gasteiger partial charge in [0.25, 0.3) is 0 Å². The van der Waals surface area contributed by atoms with Crippen LogP contribution in [-0.2, 0) is 22.4 Å². The Morgan fingerprint density at radius 2 is 1.93 bits per heavy atom. The highest BCUT2D eigenvalue weighted by Crippen LogP contribution is 2.40. The highest BCUT2D eigenvalue weighted by Gasteiger charge is 2.30. The van der Waals surface area contributed by atoms with Crippen molar-refractivity contribution >= 4 is 41.8 Å². The minimum Gasteiger partial charge on any atom is -0.507 e. The van der Waals surface area contributed by atoms with E-state index in [1.165, 1.54) is 29.4 Å². The standard InChI is InChI=1S/C30H35ClFN7O3/c1-6-9-13-38(19(4)15-34-17-40)29(33-5)20-14-21(31)27(26-22(32)11-10-12-25(26)42)37-30(20)39(18-41)28-23(7-2)35-16-36-24(28)8-3/h6,10-12,14,16-19,42H,1,7-9,13,15H2,2-5H3,(H,34,40). The second-order valence-corrected chi connectivity index (χ2v) is 9.72. The highest BCUT2D eigenvalue weighted by molar-refractivity contribution is 6.33. The molecule has 0 fully saturated rings. The van der Waals surface area contributed by atoms with Crippen molar-refractivity contribution in [2.75, 3.05) is 25.0 Å². The molecule has 0 spiro atoms. The number of amides is 2. The van der Waals surface area contributed by atoms with Crippen LogP contribution in [0.3, 0.4) is 0 Å². The minimum absolute atomic E-state index is 0.0271. The number of halogens is 2. The van der Waals surface area contributed by atoms with E-state index in [-0.39, 0.29) is 33.9 Å². The van der Waals surface area contributed by atoms with E-state index in [2.05, 4.69) is 26.9 Å². The molecule has 0 aliphatic rings. The molecular formula is C30H35ClFN7O3. The predicted octanol–water partition coefficient (Wildman–Crippen LogP) is 4.85. The maximum Gasteiger partial charge on any atom is 0.220 e. The summed E-state index contributed by atoms with van der Waals surface area (Å²) in [6.07, 6.45) is 6.00. The molecule has 0 radical (unpaired) electrons. The largest absolute Gasteiger partial charge is 0.507 e. The molecule has 0 bridgehead atoms. The Hall–Kier alpha value is -4.38. The summed E-state index contributed by atoms with van der Waals surface area (Å²) < 4.78 is 15.1. The van der Waals surface area contributed by atoms with E-state index in [1.807, 2.05) is 25.7 Å². The molecule has 222 valence electrons. The van der Waals surface area contributed by atoms with E-state index in [4.69, 9.17) is 16.6 Å². The number of aromatic nitrogens is 3. The second kappa shape index (κ2) is 15.0. The van der Waals surface area contributed by atoms with Gasteiger partial charge in [0.2, 0.25) is 12.8 Å². The second-order valence-electron chi connectivity index (χ2n) is 9.32.